The molecule has 0 radical (unpaired) electrons. The van der Waals surface area contributed by atoms with Crippen LogP contribution in [-0.2, 0) is 13.6 Å². The molecule has 0 saturated heterocycles. The molecule has 0 aliphatic rings. The smallest absolute Gasteiger partial charge is 0.396 e. The Morgan fingerprint density at radius 3 is 2.05 bits per heavy atom. The summed E-state index contributed by atoms with van der Waals surface area (Å²) in [5.74, 6) is 2.30. The third kappa shape index (κ3) is 17.0. The van der Waals surface area contributed by atoms with Crippen LogP contribution in [-0.4, -0.2) is 41.3 Å². The van der Waals surface area contributed by atoms with Gasteiger partial charge >= 0.3 is 7.82 Å². The minimum absolute atomic E-state index is 0.183. The van der Waals surface area contributed by atoms with Gasteiger partial charge in [0.2, 0.25) is 0 Å². The van der Waals surface area contributed by atoms with E-state index < -0.39 is 7.82 Å². The van der Waals surface area contributed by atoms with Crippen molar-refractivity contribution in [3.8, 4) is 0 Å². The molecule has 8 heteroatoms. The van der Waals surface area contributed by atoms with E-state index in [1.165, 1.54) is 6.42 Å². The van der Waals surface area contributed by atoms with Gasteiger partial charge in [0.05, 0.1) is 13.2 Å². The lowest BCUT2D eigenvalue weighted by Crippen LogP contribution is -1.97. The number of unbranched alkanes of at least 4 members (excludes halogenated alkanes) is 5. The number of aliphatic hydroxyl groups is 1. The van der Waals surface area contributed by atoms with Gasteiger partial charge in [0, 0.05) is 18.1 Å². The van der Waals surface area contributed by atoms with E-state index in [9.17, 15) is 9.46 Å². The fourth-order valence-corrected chi connectivity index (χ4v) is 4.62. The van der Waals surface area contributed by atoms with Crippen LogP contribution in [0.15, 0.2) is 0 Å². The third-order valence-corrected chi connectivity index (χ3v) is 6.31. The van der Waals surface area contributed by atoms with Gasteiger partial charge in [-0.1, -0.05) is 40.9 Å². The summed E-state index contributed by atoms with van der Waals surface area (Å²) in [4.78, 5) is 9.18. The zero-order chi connectivity index (χ0) is 15.8. The summed E-state index contributed by atoms with van der Waals surface area (Å²) in [6, 6.07) is 0. The molecule has 0 aliphatic heterocycles. The lowest BCUT2D eigenvalue weighted by Gasteiger charge is -2.10. The largest absolute Gasteiger partial charge is 0.472 e. The maximum Gasteiger partial charge on any atom is 0.472 e. The van der Waals surface area contributed by atoms with Gasteiger partial charge in [-0.25, -0.2) is 4.57 Å². The fraction of sp³-hybridized carbons (Fsp3) is 1.00. The van der Waals surface area contributed by atoms with E-state index in [0.717, 1.165) is 50.0 Å². The van der Waals surface area contributed by atoms with Crippen LogP contribution in [0.25, 0.3) is 0 Å². The molecular weight excluding hydrogens is 331 g/mol. The van der Waals surface area contributed by atoms with Crippen LogP contribution in [0.4, 0.5) is 0 Å². The quantitative estimate of drug-likeness (QED) is 0.242. The number of hydrogen-bond donors (Lipinski definition) is 2. The molecule has 5 nitrogen and oxygen atoms in total. The second kappa shape index (κ2) is 15.7. The SMILES string of the molecule is CCOP(=O)(O)OCCCCCCSSCCCCCO. The number of rotatable bonds is 16. The number of phosphoric acid groups is 1. The van der Waals surface area contributed by atoms with E-state index in [1.807, 2.05) is 21.6 Å². The van der Waals surface area contributed by atoms with Crippen LogP contribution in [0.2, 0.25) is 0 Å². The summed E-state index contributed by atoms with van der Waals surface area (Å²) in [5.41, 5.74) is 0. The first-order valence-electron chi connectivity index (χ1n) is 7.59. The Balaban J connectivity index is 3.14. The molecule has 0 aromatic rings. The highest BCUT2D eigenvalue weighted by molar-refractivity contribution is 8.76. The fourth-order valence-electron chi connectivity index (χ4n) is 1.56. The van der Waals surface area contributed by atoms with Crippen LogP contribution >= 0.6 is 29.4 Å². The molecule has 0 aromatic heterocycles. The predicted molar refractivity (Wildman–Crippen MR) is 91.7 cm³/mol. The Morgan fingerprint density at radius 2 is 1.48 bits per heavy atom. The van der Waals surface area contributed by atoms with Crippen molar-refractivity contribution in [3.05, 3.63) is 0 Å². The molecule has 0 spiro atoms. The first-order chi connectivity index (χ1) is 10.1. The second-order valence-electron chi connectivity index (χ2n) is 4.56. The van der Waals surface area contributed by atoms with Crippen molar-refractivity contribution in [2.24, 2.45) is 0 Å². The number of aliphatic hydroxyl groups excluding tert-OH is 1. The molecule has 0 heterocycles. The zero-order valence-corrected chi connectivity index (χ0v) is 15.4. The van der Waals surface area contributed by atoms with Crippen LogP contribution < -0.4 is 0 Å². The van der Waals surface area contributed by atoms with Crippen LogP contribution in [0.5, 0.6) is 0 Å². The van der Waals surface area contributed by atoms with Crippen molar-refractivity contribution < 1.29 is 23.6 Å². The summed E-state index contributed by atoms with van der Waals surface area (Å²) in [6.07, 6.45) is 7.28. The van der Waals surface area contributed by atoms with Gasteiger partial charge in [-0.05, 0) is 32.6 Å². The minimum Gasteiger partial charge on any atom is -0.396 e. The molecule has 0 aromatic carbocycles. The molecule has 21 heavy (non-hydrogen) atoms. The number of hydrogen-bond acceptors (Lipinski definition) is 6. The Morgan fingerprint density at radius 1 is 0.905 bits per heavy atom. The summed E-state index contributed by atoms with van der Waals surface area (Å²) < 4.78 is 20.6. The monoisotopic (exact) mass is 360 g/mol. The molecule has 1 unspecified atom stereocenters. The van der Waals surface area contributed by atoms with E-state index in [2.05, 4.69) is 4.52 Å². The maximum atomic E-state index is 11.2. The zero-order valence-electron chi connectivity index (χ0n) is 12.9. The summed E-state index contributed by atoms with van der Waals surface area (Å²) in [5, 5.41) is 8.64. The molecule has 0 amide bonds. The highest BCUT2D eigenvalue weighted by atomic mass is 33.1. The van der Waals surface area contributed by atoms with Gasteiger partial charge in [-0.3, -0.25) is 9.05 Å². The van der Waals surface area contributed by atoms with Gasteiger partial charge in [0.1, 0.15) is 0 Å². The highest BCUT2D eigenvalue weighted by Crippen LogP contribution is 2.42. The lowest BCUT2D eigenvalue weighted by atomic mass is 10.2. The summed E-state index contributed by atoms with van der Waals surface area (Å²) in [7, 11) is 0.0111. The van der Waals surface area contributed by atoms with Crippen LogP contribution in [0.3, 0.4) is 0 Å². The summed E-state index contributed by atoms with van der Waals surface area (Å²) in [6.45, 7) is 2.43. The normalized spacial score (nSPS) is 14.2. The van der Waals surface area contributed by atoms with Crippen LogP contribution in [0.1, 0.15) is 51.9 Å². The predicted octanol–water partition coefficient (Wildman–Crippen LogP) is 4.24. The highest BCUT2D eigenvalue weighted by Gasteiger charge is 2.18. The second-order valence-corrected chi connectivity index (χ2v) is 8.72. The third-order valence-electron chi connectivity index (χ3n) is 2.64. The van der Waals surface area contributed by atoms with Crippen molar-refractivity contribution in [3.63, 3.8) is 0 Å². The molecule has 1 atom stereocenters. The Bertz CT molecular complexity index is 269. The van der Waals surface area contributed by atoms with E-state index in [-0.39, 0.29) is 13.2 Å². The minimum atomic E-state index is -3.80. The van der Waals surface area contributed by atoms with Crippen molar-refractivity contribution in [1.29, 1.82) is 0 Å². The molecule has 0 saturated carbocycles. The van der Waals surface area contributed by atoms with Crippen molar-refractivity contribution in [2.75, 3.05) is 31.3 Å². The average Bonchev–Trinajstić information content (AvgIpc) is 2.44. The molecular formula is C13H29O5PS2. The molecule has 0 fully saturated rings. The maximum absolute atomic E-state index is 11.2. The van der Waals surface area contributed by atoms with Gasteiger partial charge < -0.3 is 10.00 Å². The van der Waals surface area contributed by atoms with E-state index in [0.29, 0.717) is 6.61 Å². The lowest BCUT2D eigenvalue weighted by molar-refractivity contribution is 0.153. The average molecular weight is 360 g/mol. The van der Waals surface area contributed by atoms with Gasteiger partial charge in [-0.15, -0.1) is 0 Å². The van der Waals surface area contributed by atoms with E-state index >= 15 is 0 Å². The van der Waals surface area contributed by atoms with E-state index in [4.69, 9.17) is 9.63 Å². The van der Waals surface area contributed by atoms with Crippen molar-refractivity contribution >= 4 is 29.4 Å². The molecule has 0 aliphatic carbocycles. The molecule has 0 rings (SSSR count). The van der Waals surface area contributed by atoms with Crippen molar-refractivity contribution in [1.82, 2.24) is 0 Å². The molecule has 128 valence electrons. The summed E-state index contributed by atoms with van der Waals surface area (Å²) >= 11 is 0. The van der Waals surface area contributed by atoms with Gasteiger partial charge in [-0.2, -0.15) is 0 Å². The van der Waals surface area contributed by atoms with Gasteiger partial charge in [0.25, 0.3) is 0 Å². The van der Waals surface area contributed by atoms with E-state index in [1.54, 1.807) is 6.92 Å². The Hall–Kier alpha value is 0.770. The Kier molecular flexibility index (Phi) is 16.2. The number of phosphoric ester groups is 1. The first-order valence-corrected chi connectivity index (χ1v) is 11.6. The first kappa shape index (κ1) is 21.8. The standard InChI is InChI=1S/C13H29O5PS2/c1-2-17-19(15,16)18-11-7-3-4-8-12-20-21-13-9-5-6-10-14/h14H,2-13H2,1H3,(H,15,16). The van der Waals surface area contributed by atoms with Gasteiger partial charge in [0.15, 0.2) is 0 Å². The van der Waals surface area contributed by atoms with Crippen molar-refractivity contribution in [2.45, 2.75) is 51.9 Å². The van der Waals surface area contributed by atoms with Crippen LogP contribution in [0, 0.1) is 0 Å². The Labute approximate surface area is 136 Å². The molecule has 2 N–H and O–H groups in total. The molecule has 0 bridgehead atoms. The topological polar surface area (TPSA) is 76.0 Å².